The number of thiazole rings is 1. The minimum atomic E-state index is -3.54. The SMILES string of the molecule is Cc1csc(NC2CCN(C(=O)CCS(=O)(=O)c3ccc4cc(Cl)ccc4c3)CC2)n1. The van der Waals surface area contributed by atoms with Gasteiger partial charge < -0.3 is 10.2 Å². The largest absolute Gasteiger partial charge is 0.359 e. The molecule has 0 bridgehead atoms. The van der Waals surface area contributed by atoms with Crippen molar-refractivity contribution in [2.24, 2.45) is 0 Å². The van der Waals surface area contributed by atoms with Crippen LogP contribution in [-0.2, 0) is 14.6 Å². The van der Waals surface area contributed by atoms with Crippen LogP contribution in [0, 0.1) is 6.92 Å². The summed E-state index contributed by atoms with van der Waals surface area (Å²) in [5, 5.41) is 8.63. The number of hydrogen-bond acceptors (Lipinski definition) is 6. The van der Waals surface area contributed by atoms with Gasteiger partial charge in [-0.05, 0) is 54.8 Å². The summed E-state index contributed by atoms with van der Waals surface area (Å²) in [6.45, 7) is 3.21. The molecule has 0 unspecified atom stereocenters. The van der Waals surface area contributed by atoms with Crippen molar-refractivity contribution in [3.63, 3.8) is 0 Å². The van der Waals surface area contributed by atoms with E-state index in [1.54, 1.807) is 52.6 Å². The fourth-order valence-electron chi connectivity index (χ4n) is 3.75. The monoisotopic (exact) mass is 477 g/mol. The van der Waals surface area contributed by atoms with E-state index in [4.69, 9.17) is 11.6 Å². The quantitative estimate of drug-likeness (QED) is 0.564. The lowest BCUT2D eigenvalue weighted by Gasteiger charge is -2.32. The van der Waals surface area contributed by atoms with Crippen molar-refractivity contribution >= 4 is 54.6 Å². The number of anilines is 1. The molecule has 164 valence electrons. The lowest BCUT2D eigenvalue weighted by molar-refractivity contribution is -0.131. The number of aryl methyl sites for hydroxylation is 1. The van der Waals surface area contributed by atoms with E-state index in [9.17, 15) is 13.2 Å². The number of sulfone groups is 1. The second-order valence-electron chi connectivity index (χ2n) is 7.82. The van der Waals surface area contributed by atoms with Gasteiger partial charge in [-0.25, -0.2) is 13.4 Å². The molecule has 1 saturated heterocycles. The third kappa shape index (κ3) is 5.37. The zero-order valence-electron chi connectivity index (χ0n) is 17.2. The van der Waals surface area contributed by atoms with Gasteiger partial charge in [0.1, 0.15) is 0 Å². The van der Waals surface area contributed by atoms with Crippen LogP contribution in [0.2, 0.25) is 5.02 Å². The van der Waals surface area contributed by atoms with Crippen LogP contribution in [0.5, 0.6) is 0 Å². The first-order chi connectivity index (χ1) is 14.8. The maximum absolute atomic E-state index is 12.8. The Balaban J connectivity index is 1.31. The second kappa shape index (κ2) is 9.14. The van der Waals surface area contributed by atoms with Crippen LogP contribution in [0.4, 0.5) is 5.13 Å². The molecule has 1 fully saturated rings. The molecule has 4 rings (SSSR count). The smallest absolute Gasteiger partial charge is 0.223 e. The molecule has 1 aliphatic heterocycles. The summed E-state index contributed by atoms with van der Waals surface area (Å²) in [6.07, 6.45) is 1.64. The predicted molar refractivity (Wildman–Crippen MR) is 126 cm³/mol. The van der Waals surface area contributed by atoms with E-state index in [-0.39, 0.29) is 29.0 Å². The number of piperidine rings is 1. The van der Waals surface area contributed by atoms with Crippen molar-refractivity contribution in [3.8, 4) is 0 Å². The summed E-state index contributed by atoms with van der Waals surface area (Å²) in [5.41, 5.74) is 0.997. The Hall–Kier alpha value is -2.16. The van der Waals surface area contributed by atoms with Crippen LogP contribution in [0.15, 0.2) is 46.7 Å². The molecule has 9 heteroatoms. The lowest BCUT2D eigenvalue weighted by Crippen LogP contribution is -2.42. The number of rotatable bonds is 6. The molecule has 1 N–H and O–H groups in total. The van der Waals surface area contributed by atoms with Crippen LogP contribution in [0.25, 0.3) is 10.8 Å². The number of nitrogens with zero attached hydrogens (tertiary/aromatic N) is 2. The second-order valence-corrected chi connectivity index (χ2v) is 11.2. The maximum Gasteiger partial charge on any atom is 0.223 e. The van der Waals surface area contributed by atoms with Crippen molar-refractivity contribution in [2.75, 3.05) is 24.2 Å². The molecule has 1 amide bonds. The lowest BCUT2D eigenvalue weighted by atomic mass is 10.1. The molecule has 0 saturated carbocycles. The van der Waals surface area contributed by atoms with E-state index >= 15 is 0 Å². The molecule has 1 aliphatic rings. The van der Waals surface area contributed by atoms with E-state index in [1.807, 2.05) is 12.3 Å². The van der Waals surface area contributed by atoms with E-state index in [1.165, 1.54) is 0 Å². The zero-order chi connectivity index (χ0) is 22.0. The number of carbonyl (C=O) groups excluding carboxylic acids is 1. The fourth-order valence-corrected chi connectivity index (χ4v) is 5.96. The average Bonchev–Trinajstić information content (AvgIpc) is 3.16. The van der Waals surface area contributed by atoms with E-state index in [0.29, 0.717) is 18.1 Å². The number of hydrogen-bond donors (Lipinski definition) is 1. The highest BCUT2D eigenvalue weighted by atomic mass is 35.5. The van der Waals surface area contributed by atoms with Gasteiger partial charge in [0.05, 0.1) is 16.3 Å². The zero-order valence-corrected chi connectivity index (χ0v) is 19.6. The Labute approximate surface area is 191 Å². The Morgan fingerprint density at radius 3 is 2.61 bits per heavy atom. The number of amides is 1. The summed E-state index contributed by atoms with van der Waals surface area (Å²) in [7, 11) is -3.54. The first-order valence-electron chi connectivity index (χ1n) is 10.2. The molecule has 0 spiro atoms. The number of fused-ring (bicyclic) bond motifs is 1. The van der Waals surface area contributed by atoms with Crippen LogP contribution >= 0.6 is 22.9 Å². The highest BCUT2D eigenvalue weighted by molar-refractivity contribution is 7.91. The molecule has 6 nitrogen and oxygen atoms in total. The third-order valence-electron chi connectivity index (χ3n) is 5.51. The van der Waals surface area contributed by atoms with Gasteiger partial charge >= 0.3 is 0 Å². The normalized spacial score (nSPS) is 15.4. The van der Waals surface area contributed by atoms with Gasteiger partial charge in [-0.3, -0.25) is 4.79 Å². The molecular formula is C22H24ClN3O3S2. The van der Waals surface area contributed by atoms with Crippen LogP contribution in [0.1, 0.15) is 25.0 Å². The van der Waals surface area contributed by atoms with E-state index in [2.05, 4.69) is 10.3 Å². The summed E-state index contributed by atoms with van der Waals surface area (Å²) in [6, 6.07) is 10.6. The van der Waals surface area contributed by atoms with Crippen molar-refractivity contribution in [1.29, 1.82) is 0 Å². The van der Waals surface area contributed by atoms with Crippen LogP contribution in [-0.4, -0.2) is 49.1 Å². The van der Waals surface area contributed by atoms with Gasteiger partial charge in [0.25, 0.3) is 0 Å². The third-order valence-corrected chi connectivity index (χ3v) is 8.35. The van der Waals surface area contributed by atoms with E-state index < -0.39 is 9.84 Å². The number of benzene rings is 2. The Bertz CT molecular complexity index is 1200. The maximum atomic E-state index is 12.8. The molecule has 2 heterocycles. The van der Waals surface area contributed by atoms with Gasteiger partial charge in [-0.15, -0.1) is 11.3 Å². The highest BCUT2D eigenvalue weighted by Crippen LogP contribution is 2.24. The predicted octanol–water partition coefficient (Wildman–Crippen LogP) is 4.53. The van der Waals surface area contributed by atoms with Crippen molar-refractivity contribution in [1.82, 2.24) is 9.88 Å². The van der Waals surface area contributed by atoms with Gasteiger partial charge in [-0.2, -0.15) is 0 Å². The Morgan fingerprint density at radius 1 is 1.19 bits per heavy atom. The topological polar surface area (TPSA) is 79.4 Å². The van der Waals surface area contributed by atoms with Gasteiger partial charge in [0.2, 0.25) is 5.91 Å². The Morgan fingerprint density at radius 2 is 1.90 bits per heavy atom. The number of nitrogens with one attached hydrogen (secondary N) is 1. The van der Waals surface area contributed by atoms with Crippen molar-refractivity contribution in [3.05, 3.63) is 52.5 Å². The highest BCUT2D eigenvalue weighted by Gasteiger charge is 2.25. The molecule has 1 aromatic heterocycles. The summed E-state index contributed by atoms with van der Waals surface area (Å²) in [5.74, 6) is -0.304. The van der Waals surface area contributed by atoms with Gasteiger partial charge in [0, 0.05) is 36.0 Å². The minimum Gasteiger partial charge on any atom is -0.359 e. The molecule has 2 aromatic carbocycles. The molecule has 31 heavy (non-hydrogen) atoms. The fraction of sp³-hybridized carbons (Fsp3) is 0.364. The number of carbonyl (C=O) groups is 1. The summed E-state index contributed by atoms with van der Waals surface area (Å²) in [4.78, 5) is 19.0. The molecule has 3 aromatic rings. The first kappa shape index (κ1) is 22.0. The Kier molecular flexibility index (Phi) is 6.50. The van der Waals surface area contributed by atoms with Crippen LogP contribution in [0.3, 0.4) is 0 Å². The summed E-state index contributed by atoms with van der Waals surface area (Å²) < 4.78 is 25.5. The van der Waals surface area contributed by atoms with Crippen LogP contribution < -0.4 is 5.32 Å². The van der Waals surface area contributed by atoms with E-state index in [0.717, 1.165) is 34.4 Å². The number of aromatic nitrogens is 1. The summed E-state index contributed by atoms with van der Waals surface area (Å²) >= 11 is 7.57. The minimum absolute atomic E-state index is 0.00917. The number of likely N-dealkylation sites (tertiary alicyclic amines) is 1. The number of halogens is 1. The molecular weight excluding hydrogens is 454 g/mol. The van der Waals surface area contributed by atoms with Crippen molar-refractivity contribution in [2.45, 2.75) is 37.1 Å². The van der Waals surface area contributed by atoms with Gasteiger partial charge in [0.15, 0.2) is 15.0 Å². The van der Waals surface area contributed by atoms with Crippen molar-refractivity contribution < 1.29 is 13.2 Å². The molecule has 0 radical (unpaired) electrons. The average molecular weight is 478 g/mol. The molecule has 0 aliphatic carbocycles. The van der Waals surface area contributed by atoms with Gasteiger partial charge in [-0.1, -0.05) is 23.7 Å². The first-order valence-corrected chi connectivity index (χ1v) is 13.1. The molecule has 0 atom stereocenters. The standard InChI is InChI=1S/C22H24ClN3O3S2/c1-15-14-30-22(24-15)25-19-6-9-26(10-7-19)21(27)8-11-31(28,29)20-5-3-16-12-18(23)4-2-17(16)13-20/h2-5,12-14,19H,6-11H2,1H3,(H,24,25).